The summed E-state index contributed by atoms with van der Waals surface area (Å²) in [5.74, 6) is 2.34. The van der Waals surface area contributed by atoms with Crippen molar-refractivity contribution in [2.24, 2.45) is 11.5 Å². The topological polar surface area (TPSA) is 121 Å². The van der Waals surface area contributed by atoms with E-state index < -0.39 is 12.5 Å². The summed E-state index contributed by atoms with van der Waals surface area (Å²) in [4.78, 5) is 6.18. The summed E-state index contributed by atoms with van der Waals surface area (Å²) in [6, 6.07) is 0. The van der Waals surface area contributed by atoms with Gasteiger partial charge in [0.1, 0.15) is 24.6 Å². The van der Waals surface area contributed by atoms with E-state index in [2.05, 4.69) is 9.97 Å². The Morgan fingerprint density at radius 3 is 1.75 bits per heavy atom. The number of nitrogens with two attached hydrogens (primary N) is 2. The fourth-order valence-electron chi connectivity index (χ4n) is 2.32. The summed E-state index contributed by atoms with van der Waals surface area (Å²) in [7, 11) is 0. The van der Waals surface area contributed by atoms with E-state index in [1.54, 1.807) is 12.4 Å². The van der Waals surface area contributed by atoms with Crippen molar-refractivity contribution in [3.63, 3.8) is 0 Å². The molecule has 0 radical (unpaired) electrons. The van der Waals surface area contributed by atoms with Crippen molar-refractivity contribution < 1.29 is 18.9 Å². The Balaban J connectivity index is 1.79. The molecular weight excluding hydrogens is 264 g/mol. The summed E-state index contributed by atoms with van der Waals surface area (Å²) in [5, 5.41) is 0. The van der Waals surface area contributed by atoms with Crippen LogP contribution in [0.1, 0.15) is 0 Å². The summed E-state index contributed by atoms with van der Waals surface area (Å²) in [5.41, 5.74) is 12.9. The average molecular weight is 278 g/mol. The van der Waals surface area contributed by atoms with Crippen LogP contribution in [0.3, 0.4) is 0 Å². The standard InChI is InChI=1S/C12H14N4O4/c13-7-3-17-5-1-15-9(11(5)19-7)10-12-6(2-16-10)18-4-8(14)20-12/h1-2,7-8,15-16H,3-4,13-14H2. The van der Waals surface area contributed by atoms with Gasteiger partial charge < -0.3 is 28.9 Å². The number of hydrogen-bond acceptors (Lipinski definition) is 6. The molecule has 2 unspecified atom stereocenters. The highest BCUT2D eigenvalue weighted by atomic mass is 16.6. The van der Waals surface area contributed by atoms with Gasteiger partial charge in [-0.3, -0.25) is 11.5 Å². The van der Waals surface area contributed by atoms with E-state index in [1.807, 2.05) is 0 Å². The molecule has 20 heavy (non-hydrogen) atoms. The molecule has 2 aliphatic rings. The van der Waals surface area contributed by atoms with Crippen LogP contribution in [0, 0.1) is 0 Å². The number of nitrogens with one attached hydrogen (secondary N) is 2. The first-order valence-corrected chi connectivity index (χ1v) is 6.25. The van der Waals surface area contributed by atoms with Crippen LogP contribution in [-0.4, -0.2) is 35.6 Å². The predicted octanol–water partition coefficient (Wildman–Crippen LogP) is 0.122. The average Bonchev–Trinajstić information content (AvgIpc) is 3.01. The van der Waals surface area contributed by atoms with E-state index in [9.17, 15) is 0 Å². The van der Waals surface area contributed by atoms with Crippen LogP contribution in [0.5, 0.6) is 23.0 Å². The molecular formula is C12H14N4O4. The Hall–Kier alpha value is -2.32. The van der Waals surface area contributed by atoms with Crippen LogP contribution in [0.25, 0.3) is 11.4 Å². The first kappa shape index (κ1) is 11.5. The van der Waals surface area contributed by atoms with E-state index >= 15 is 0 Å². The van der Waals surface area contributed by atoms with Gasteiger partial charge in [0.15, 0.2) is 35.5 Å². The maximum atomic E-state index is 5.74. The number of aromatic amines is 2. The first-order chi connectivity index (χ1) is 9.72. The second-order valence-electron chi connectivity index (χ2n) is 4.65. The molecule has 2 aromatic rings. The Morgan fingerprint density at radius 1 is 0.850 bits per heavy atom. The maximum absolute atomic E-state index is 5.74. The molecule has 0 saturated heterocycles. The lowest BCUT2D eigenvalue weighted by Gasteiger charge is -2.23. The molecule has 0 amide bonds. The third kappa shape index (κ3) is 1.62. The molecule has 0 saturated carbocycles. The second kappa shape index (κ2) is 4.09. The zero-order chi connectivity index (χ0) is 13.7. The van der Waals surface area contributed by atoms with Gasteiger partial charge in [-0.05, 0) is 0 Å². The summed E-state index contributed by atoms with van der Waals surface area (Å²) in [6.45, 7) is 0.634. The number of H-pyrrole nitrogens is 2. The van der Waals surface area contributed by atoms with Gasteiger partial charge in [-0.2, -0.15) is 0 Å². The fraction of sp³-hybridized carbons (Fsp3) is 0.333. The van der Waals surface area contributed by atoms with Gasteiger partial charge in [-0.25, -0.2) is 0 Å². The first-order valence-electron chi connectivity index (χ1n) is 6.25. The summed E-state index contributed by atoms with van der Waals surface area (Å²) < 4.78 is 22.2. The van der Waals surface area contributed by atoms with Crippen molar-refractivity contribution >= 4 is 0 Å². The Bertz CT molecular complexity index is 594. The van der Waals surface area contributed by atoms with E-state index in [0.29, 0.717) is 47.6 Å². The van der Waals surface area contributed by atoms with Crippen LogP contribution in [0.2, 0.25) is 0 Å². The lowest BCUT2D eigenvalue weighted by Crippen LogP contribution is -2.37. The van der Waals surface area contributed by atoms with Gasteiger partial charge in [0.25, 0.3) is 0 Å². The van der Waals surface area contributed by atoms with Crippen molar-refractivity contribution in [3.05, 3.63) is 12.4 Å². The normalized spacial score (nSPS) is 23.7. The molecule has 0 bridgehead atoms. The van der Waals surface area contributed by atoms with Crippen LogP contribution in [-0.2, 0) is 0 Å². The molecule has 2 aliphatic heterocycles. The zero-order valence-corrected chi connectivity index (χ0v) is 10.5. The van der Waals surface area contributed by atoms with Crippen molar-refractivity contribution in [2.75, 3.05) is 13.2 Å². The van der Waals surface area contributed by atoms with Crippen molar-refractivity contribution in [3.8, 4) is 34.4 Å². The predicted molar refractivity (Wildman–Crippen MR) is 68.8 cm³/mol. The number of rotatable bonds is 1. The number of aromatic nitrogens is 2. The highest BCUT2D eigenvalue weighted by molar-refractivity contribution is 5.76. The number of hydrogen-bond donors (Lipinski definition) is 4. The van der Waals surface area contributed by atoms with Gasteiger partial charge in [0, 0.05) is 12.4 Å². The van der Waals surface area contributed by atoms with Gasteiger partial charge in [0.05, 0.1) is 0 Å². The number of ether oxygens (including phenoxy) is 4. The third-order valence-corrected chi connectivity index (χ3v) is 3.19. The lowest BCUT2D eigenvalue weighted by molar-refractivity contribution is 0.0957. The summed E-state index contributed by atoms with van der Waals surface area (Å²) >= 11 is 0. The SMILES string of the molecule is NC1COc2c[nH]c(-c3[nH]cc4c3OC(N)CO4)c2O1. The molecule has 0 spiro atoms. The molecule has 4 heterocycles. The molecule has 6 N–H and O–H groups in total. The molecule has 2 aromatic heterocycles. The molecule has 4 rings (SSSR count). The zero-order valence-electron chi connectivity index (χ0n) is 10.5. The van der Waals surface area contributed by atoms with Crippen LogP contribution in [0.15, 0.2) is 12.4 Å². The minimum absolute atomic E-state index is 0.317. The van der Waals surface area contributed by atoms with Crippen molar-refractivity contribution in [2.45, 2.75) is 12.5 Å². The lowest BCUT2D eigenvalue weighted by atomic mass is 10.2. The largest absolute Gasteiger partial charge is 0.483 e. The second-order valence-corrected chi connectivity index (χ2v) is 4.65. The van der Waals surface area contributed by atoms with Crippen molar-refractivity contribution in [1.82, 2.24) is 9.97 Å². The van der Waals surface area contributed by atoms with Crippen molar-refractivity contribution in [1.29, 1.82) is 0 Å². The van der Waals surface area contributed by atoms with E-state index in [0.717, 1.165) is 0 Å². The van der Waals surface area contributed by atoms with Crippen LogP contribution < -0.4 is 30.4 Å². The summed E-state index contributed by atoms with van der Waals surface area (Å²) in [6.07, 6.45) is 2.44. The minimum Gasteiger partial charge on any atom is -0.483 e. The highest BCUT2D eigenvalue weighted by Gasteiger charge is 2.30. The Kier molecular flexibility index (Phi) is 2.35. The molecule has 2 atom stereocenters. The van der Waals surface area contributed by atoms with E-state index in [4.69, 9.17) is 30.4 Å². The molecule has 8 heteroatoms. The Morgan fingerprint density at radius 2 is 1.30 bits per heavy atom. The Labute approximate surface area is 113 Å². The molecule has 106 valence electrons. The molecule has 0 fully saturated rings. The number of fused-ring (bicyclic) bond motifs is 2. The van der Waals surface area contributed by atoms with Crippen LogP contribution >= 0.6 is 0 Å². The third-order valence-electron chi connectivity index (χ3n) is 3.19. The van der Waals surface area contributed by atoms with Gasteiger partial charge in [-0.15, -0.1) is 0 Å². The molecule has 0 aliphatic carbocycles. The van der Waals surface area contributed by atoms with Gasteiger partial charge in [0.2, 0.25) is 0 Å². The highest BCUT2D eigenvalue weighted by Crippen LogP contribution is 2.46. The molecule has 8 nitrogen and oxygen atoms in total. The molecule has 0 aromatic carbocycles. The smallest absolute Gasteiger partial charge is 0.190 e. The van der Waals surface area contributed by atoms with E-state index in [1.165, 1.54) is 0 Å². The minimum atomic E-state index is -0.498. The van der Waals surface area contributed by atoms with Gasteiger partial charge in [-0.1, -0.05) is 0 Å². The monoisotopic (exact) mass is 278 g/mol. The quantitative estimate of drug-likeness (QED) is 0.588. The fourth-order valence-corrected chi connectivity index (χ4v) is 2.32. The van der Waals surface area contributed by atoms with Gasteiger partial charge >= 0.3 is 0 Å². The maximum Gasteiger partial charge on any atom is 0.190 e. The van der Waals surface area contributed by atoms with E-state index in [-0.39, 0.29) is 0 Å². The van der Waals surface area contributed by atoms with Crippen LogP contribution in [0.4, 0.5) is 0 Å².